The average Bonchev–Trinajstić information content (AvgIpc) is 3.40. The molecule has 1 aliphatic heterocycles. The van der Waals surface area contributed by atoms with Gasteiger partial charge in [-0.15, -0.1) is 22.7 Å². The van der Waals surface area contributed by atoms with Gasteiger partial charge in [0.1, 0.15) is 5.56 Å². The first-order valence-electron chi connectivity index (χ1n) is 9.49. The predicted molar refractivity (Wildman–Crippen MR) is 115 cm³/mol. The molecule has 3 aromatic heterocycles. The Morgan fingerprint density at radius 1 is 1.18 bits per heavy atom. The summed E-state index contributed by atoms with van der Waals surface area (Å²) < 4.78 is 0. The highest BCUT2D eigenvalue weighted by atomic mass is 32.1. The maximum absolute atomic E-state index is 12.5. The number of nitrogens with one attached hydrogen (secondary N) is 2. The molecule has 0 aliphatic carbocycles. The normalized spacial score (nSPS) is 17.5. The van der Waals surface area contributed by atoms with Gasteiger partial charge in [-0.2, -0.15) is 0 Å². The molecule has 1 aliphatic rings. The second kappa shape index (κ2) is 8.86. The number of carbonyl (C=O) groups is 1. The number of likely N-dealkylation sites (tertiary alicyclic amines) is 1. The molecule has 1 amide bonds. The molecule has 1 unspecified atom stereocenters. The number of aromatic nitrogens is 1. The Kier molecular flexibility index (Phi) is 6.04. The molecule has 0 saturated carbocycles. The number of piperidine rings is 1. The molecule has 1 atom stereocenters. The maximum atomic E-state index is 12.5. The molecule has 7 heteroatoms. The maximum Gasteiger partial charge on any atom is 0.261 e. The van der Waals surface area contributed by atoms with Crippen LogP contribution in [0.5, 0.6) is 0 Å². The highest BCUT2D eigenvalue weighted by Crippen LogP contribution is 2.22. The number of thiophene rings is 2. The molecule has 4 rings (SSSR count). The Balaban J connectivity index is 1.33. The van der Waals surface area contributed by atoms with Gasteiger partial charge in [0, 0.05) is 24.5 Å². The number of H-pyrrole nitrogens is 1. The van der Waals surface area contributed by atoms with Gasteiger partial charge in [0.25, 0.3) is 11.5 Å². The minimum atomic E-state index is -0.341. The molecule has 1 fully saturated rings. The molecule has 146 valence electrons. The molecule has 1 saturated heterocycles. The molecule has 5 nitrogen and oxygen atoms in total. The molecule has 0 spiro atoms. The van der Waals surface area contributed by atoms with Crippen molar-refractivity contribution in [2.75, 3.05) is 19.6 Å². The molecule has 0 radical (unpaired) electrons. The Morgan fingerprint density at radius 2 is 2.04 bits per heavy atom. The van der Waals surface area contributed by atoms with Crippen LogP contribution in [0, 0.1) is 5.92 Å². The first-order valence-corrected chi connectivity index (χ1v) is 11.2. The van der Waals surface area contributed by atoms with Crippen molar-refractivity contribution in [2.24, 2.45) is 5.92 Å². The van der Waals surface area contributed by atoms with Crippen LogP contribution in [0.3, 0.4) is 0 Å². The topological polar surface area (TPSA) is 65.2 Å². The van der Waals surface area contributed by atoms with Gasteiger partial charge in [0.05, 0.1) is 10.6 Å². The zero-order valence-electron chi connectivity index (χ0n) is 15.5. The Labute approximate surface area is 172 Å². The second-order valence-corrected chi connectivity index (χ2v) is 9.10. The zero-order chi connectivity index (χ0) is 19.3. The molecule has 0 bridgehead atoms. The SMILES string of the molecule is O=C(NCC1CCCN(Cc2cccs2)C1)c1ccc(-c2cccs2)[nH]c1=O. The van der Waals surface area contributed by atoms with Gasteiger partial charge < -0.3 is 10.3 Å². The van der Waals surface area contributed by atoms with E-state index in [0.29, 0.717) is 12.5 Å². The summed E-state index contributed by atoms with van der Waals surface area (Å²) >= 11 is 3.34. The largest absolute Gasteiger partial charge is 0.352 e. The Hall–Kier alpha value is -2.22. The summed E-state index contributed by atoms with van der Waals surface area (Å²) in [7, 11) is 0. The lowest BCUT2D eigenvalue weighted by Crippen LogP contribution is -2.41. The third-order valence-electron chi connectivity index (χ3n) is 5.05. The van der Waals surface area contributed by atoms with Crippen molar-refractivity contribution in [3.05, 3.63) is 68.0 Å². The average molecular weight is 414 g/mol. The lowest BCUT2D eigenvalue weighted by molar-refractivity contribution is 0.0929. The van der Waals surface area contributed by atoms with Crippen LogP contribution in [-0.4, -0.2) is 35.4 Å². The Morgan fingerprint density at radius 3 is 2.79 bits per heavy atom. The van der Waals surface area contributed by atoms with Crippen molar-refractivity contribution < 1.29 is 4.79 Å². The van der Waals surface area contributed by atoms with Crippen molar-refractivity contribution in [3.63, 3.8) is 0 Å². The van der Waals surface area contributed by atoms with Crippen LogP contribution in [0.2, 0.25) is 0 Å². The first-order chi connectivity index (χ1) is 13.7. The van der Waals surface area contributed by atoms with Crippen LogP contribution in [-0.2, 0) is 6.54 Å². The summed E-state index contributed by atoms with van der Waals surface area (Å²) in [4.78, 5) is 32.5. The summed E-state index contributed by atoms with van der Waals surface area (Å²) in [5.74, 6) is 0.122. The van der Waals surface area contributed by atoms with E-state index in [1.54, 1.807) is 34.8 Å². The van der Waals surface area contributed by atoms with Crippen LogP contribution in [0.4, 0.5) is 0 Å². The first kappa shape index (κ1) is 19.1. The zero-order valence-corrected chi connectivity index (χ0v) is 17.2. The summed E-state index contributed by atoms with van der Waals surface area (Å²) in [5, 5.41) is 7.03. The van der Waals surface area contributed by atoms with Crippen molar-refractivity contribution in [3.8, 4) is 10.6 Å². The summed E-state index contributed by atoms with van der Waals surface area (Å²) in [5.41, 5.74) is 0.575. The van der Waals surface area contributed by atoms with E-state index in [1.807, 2.05) is 17.5 Å². The summed E-state index contributed by atoms with van der Waals surface area (Å²) in [6, 6.07) is 11.6. The van der Waals surface area contributed by atoms with Gasteiger partial charge in [-0.25, -0.2) is 0 Å². The summed E-state index contributed by atoms with van der Waals surface area (Å²) in [6.45, 7) is 3.66. The van der Waals surface area contributed by atoms with Crippen LogP contribution in [0.15, 0.2) is 52.0 Å². The van der Waals surface area contributed by atoms with Gasteiger partial charge >= 0.3 is 0 Å². The van der Waals surface area contributed by atoms with Crippen LogP contribution in [0.25, 0.3) is 10.6 Å². The van der Waals surface area contributed by atoms with Crippen LogP contribution in [0.1, 0.15) is 28.1 Å². The third kappa shape index (κ3) is 4.60. The quantitative estimate of drug-likeness (QED) is 0.646. The van der Waals surface area contributed by atoms with E-state index in [0.717, 1.165) is 43.0 Å². The second-order valence-electron chi connectivity index (χ2n) is 7.12. The van der Waals surface area contributed by atoms with Gasteiger partial charge in [-0.05, 0) is 60.3 Å². The fourth-order valence-corrected chi connectivity index (χ4v) is 5.10. The highest BCUT2D eigenvalue weighted by molar-refractivity contribution is 7.13. The molecular formula is C21H23N3O2S2. The van der Waals surface area contributed by atoms with Gasteiger partial charge in [-0.3, -0.25) is 14.5 Å². The number of amides is 1. The van der Waals surface area contributed by atoms with Crippen LogP contribution < -0.4 is 10.9 Å². The van der Waals surface area contributed by atoms with Gasteiger partial charge in [-0.1, -0.05) is 12.1 Å². The Bertz CT molecular complexity index is 964. The van der Waals surface area contributed by atoms with E-state index in [2.05, 4.69) is 32.7 Å². The third-order valence-corrected chi connectivity index (χ3v) is 6.82. The van der Waals surface area contributed by atoms with Gasteiger partial charge in [0.15, 0.2) is 0 Å². The minimum absolute atomic E-state index is 0.173. The lowest BCUT2D eigenvalue weighted by atomic mass is 9.98. The monoisotopic (exact) mass is 413 g/mol. The van der Waals surface area contributed by atoms with Crippen LogP contribution >= 0.6 is 22.7 Å². The predicted octanol–water partition coefficient (Wildman–Crippen LogP) is 3.81. The van der Waals surface area contributed by atoms with Crippen molar-refractivity contribution in [2.45, 2.75) is 19.4 Å². The van der Waals surface area contributed by atoms with E-state index in [-0.39, 0.29) is 17.0 Å². The number of hydrogen-bond donors (Lipinski definition) is 2. The number of pyridine rings is 1. The molecular weight excluding hydrogens is 390 g/mol. The van der Waals surface area contributed by atoms with Crippen molar-refractivity contribution in [1.29, 1.82) is 0 Å². The number of carbonyl (C=O) groups excluding carboxylic acids is 1. The van der Waals surface area contributed by atoms with Gasteiger partial charge in [0.2, 0.25) is 0 Å². The van der Waals surface area contributed by atoms with E-state index in [1.165, 1.54) is 4.88 Å². The molecule has 4 heterocycles. The lowest BCUT2D eigenvalue weighted by Gasteiger charge is -2.32. The number of rotatable bonds is 6. The minimum Gasteiger partial charge on any atom is -0.352 e. The molecule has 3 aromatic rings. The van der Waals surface area contributed by atoms with E-state index < -0.39 is 0 Å². The number of hydrogen-bond acceptors (Lipinski definition) is 5. The molecule has 28 heavy (non-hydrogen) atoms. The number of nitrogens with zero attached hydrogens (tertiary/aromatic N) is 1. The summed E-state index contributed by atoms with van der Waals surface area (Å²) in [6.07, 6.45) is 2.25. The van der Waals surface area contributed by atoms with E-state index >= 15 is 0 Å². The molecule has 0 aromatic carbocycles. The smallest absolute Gasteiger partial charge is 0.261 e. The van der Waals surface area contributed by atoms with E-state index in [9.17, 15) is 9.59 Å². The van der Waals surface area contributed by atoms with E-state index in [4.69, 9.17) is 0 Å². The fourth-order valence-electron chi connectivity index (χ4n) is 3.64. The molecule has 2 N–H and O–H groups in total. The van der Waals surface area contributed by atoms with Crippen molar-refractivity contribution in [1.82, 2.24) is 15.2 Å². The standard InChI is InChI=1S/C21H23N3O2S2/c25-20(17-7-8-18(23-21(17)26)19-6-3-11-28-19)22-12-15-4-1-9-24(13-15)14-16-5-2-10-27-16/h2-3,5-8,10-11,15H,1,4,9,12-14H2,(H,22,25)(H,23,26). The fraction of sp³-hybridized carbons (Fsp3) is 0.333. The highest BCUT2D eigenvalue weighted by Gasteiger charge is 2.21. The number of aromatic amines is 1. The van der Waals surface area contributed by atoms with Crippen molar-refractivity contribution >= 4 is 28.6 Å².